The molecule has 0 fully saturated rings. The highest BCUT2D eigenvalue weighted by molar-refractivity contribution is 7.80. The van der Waals surface area contributed by atoms with Crippen LogP contribution in [0.4, 0.5) is 10.1 Å². The Kier molecular flexibility index (Phi) is 6.71. The monoisotopic (exact) mass is 361 g/mol. The highest BCUT2D eigenvalue weighted by Gasteiger charge is 2.08. The van der Waals surface area contributed by atoms with Crippen molar-refractivity contribution >= 4 is 28.9 Å². The van der Waals surface area contributed by atoms with Gasteiger partial charge < -0.3 is 10.1 Å². The van der Waals surface area contributed by atoms with Gasteiger partial charge in [-0.15, -0.1) is 0 Å². The van der Waals surface area contributed by atoms with Crippen molar-refractivity contribution < 1.29 is 13.9 Å². The lowest BCUT2D eigenvalue weighted by Gasteiger charge is -2.16. The quantitative estimate of drug-likeness (QED) is 0.564. The highest BCUT2D eigenvalue weighted by atomic mass is 32.1. The van der Waals surface area contributed by atoms with E-state index in [1.807, 2.05) is 25.1 Å². The van der Waals surface area contributed by atoms with Gasteiger partial charge in [0, 0.05) is 5.69 Å². The minimum absolute atomic E-state index is 0.0193. The van der Waals surface area contributed by atoms with Gasteiger partial charge in [0.25, 0.3) is 5.91 Å². The van der Waals surface area contributed by atoms with Gasteiger partial charge in [-0.05, 0) is 48.8 Å². The third kappa shape index (κ3) is 5.42. The number of halogens is 1. The van der Waals surface area contributed by atoms with Crippen LogP contribution in [0.15, 0.2) is 42.5 Å². The topological polar surface area (TPSA) is 62.4 Å². The molecule has 3 N–H and O–H groups in total. The second-order valence-corrected chi connectivity index (χ2v) is 5.72. The number of nitrogens with one attached hydrogen (secondary N) is 3. The zero-order valence-corrected chi connectivity index (χ0v) is 14.9. The Morgan fingerprint density at radius 1 is 1.16 bits per heavy atom. The molecule has 7 heteroatoms. The Bertz CT molecular complexity index is 768. The smallest absolute Gasteiger partial charge is 0.276 e. The number of anilines is 1. The lowest BCUT2D eigenvalue weighted by atomic mass is 10.1. The Labute approximate surface area is 151 Å². The largest absolute Gasteiger partial charge is 0.481 e. The standard InChI is InChI=1S/C18H20FN3O2S/c1-3-13-8-6-7-12(2)17(13)20-18(25)22-21-16(23)11-24-15-10-5-4-9-14(15)19/h4-10H,3,11H2,1-2H3,(H,21,23)(H2,20,22,25). The van der Waals surface area contributed by atoms with Gasteiger partial charge in [-0.2, -0.15) is 0 Å². The zero-order valence-electron chi connectivity index (χ0n) is 14.1. The number of para-hydroxylation sites is 2. The number of amides is 1. The fraction of sp³-hybridized carbons (Fsp3) is 0.222. The molecular formula is C18H20FN3O2S. The second-order valence-electron chi connectivity index (χ2n) is 5.31. The first-order chi connectivity index (χ1) is 12.0. The van der Waals surface area contributed by atoms with Crippen LogP contribution in [-0.2, 0) is 11.2 Å². The number of rotatable bonds is 5. The van der Waals surface area contributed by atoms with Crippen molar-refractivity contribution in [2.24, 2.45) is 0 Å². The van der Waals surface area contributed by atoms with Gasteiger partial charge in [0.1, 0.15) is 0 Å². The van der Waals surface area contributed by atoms with E-state index in [2.05, 4.69) is 23.1 Å². The number of hydrogen-bond donors (Lipinski definition) is 3. The van der Waals surface area contributed by atoms with Crippen LogP contribution in [0.2, 0.25) is 0 Å². The molecule has 0 radical (unpaired) electrons. The summed E-state index contributed by atoms with van der Waals surface area (Å²) < 4.78 is 18.5. The van der Waals surface area contributed by atoms with E-state index in [4.69, 9.17) is 17.0 Å². The molecule has 2 aromatic carbocycles. The van der Waals surface area contributed by atoms with E-state index in [0.29, 0.717) is 0 Å². The number of ether oxygens (including phenoxy) is 1. The van der Waals surface area contributed by atoms with Crippen LogP contribution in [0.1, 0.15) is 18.1 Å². The molecule has 2 aromatic rings. The molecule has 2 rings (SSSR count). The molecule has 0 saturated heterocycles. The summed E-state index contributed by atoms with van der Waals surface area (Å²) in [6.45, 7) is 3.70. The Morgan fingerprint density at radius 2 is 1.92 bits per heavy atom. The maximum Gasteiger partial charge on any atom is 0.276 e. The third-order valence-corrected chi connectivity index (χ3v) is 3.69. The van der Waals surface area contributed by atoms with Crippen LogP contribution in [0.25, 0.3) is 0 Å². The summed E-state index contributed by atoms with van der Waals surface area (Å²) in [7, 11) is 0. The minimum atomic E-state index is -0.521. The van der Waals surface area contributed by atoms with Crippen molar-refractivity contribution in [3.8, 4) is 5.75 Å². The zero-order chi connectivity index (χ0) is 18.2. The number of carbonyl (C=O) groups is 1. The lowest BCUT2D eigenvalue weighted by Crippen LogP contribution is -2.45. The summed E-state index contributed by atoms with van der Waals surface area (Å²) in [5, 5.41) is 3.33. The molecule has 5 nitrogen and oxygen atoms in total. The van der Waals surface area contributed by atoms with E-state index < -0.39 is 11.7 Å². The fourth-order valence-electron chi connectivity index (χ4n) is 2.21. The SMILES string of the molecule is CCc1cccc(C)c1NC(=S)NNC(=O)COc1ccccc1F. The molecule has 0 aliphatic heterocycles. The van der Waals surface area contributed by atoms with E-state index in [1.165, 1.54) is 12.1 Å². The fourth-order valence-corrected chi connectivity index (χ4v) is 2.37. The minimum Gasteiger partial charge on any atom is -0.481 e. The number of hydrazine groups is 1. The first-order valence-corrected chi connectivity index (χ1v) is 8.23. The van der Waals surface area contributed by atoms with E-state index in [0.717, 1.165) is 23.2 Å². The van der Waals surface area contributed by atoms with Gasteiger partial charge in [-0.1, -0.05) is 37.3 Å². The molecule has 0 aliphatic rings. The van der Waals surface area contributed by atoms with E-state index in [1.54, 1.807) is 12.1 Å². The number of thiocarbonyl (C=S) groups is 1. The van der Waals surface area contributed by atoms with Crippen LogP contribution in [0, 0.1) is 12.7 Å². The predicted octanol–water partition coefficient (Wildman–Crippen LogP) is 3.09. The first-order valence-electron chi connectivity index (χ1n) is 7.83. The van der Waals surface area contributed by atoms with Gasteiger partial charge >= 0.3 is 0 Å². The summed E-state index contributed by atoms with van der Waals surface area (Å²) in [5.74, 6) is -0.981. The maximum atomic E-state index is 13.4. The highest BCUT2D eigenvalue weighted by Crippen LogP contribution is 2.20. The molecule has 25 heavy (non-hydrogen) atoms. The molecule has 0 atom stereocenters. The molecule has 0 bridgehead atoms. The third-order valence-electron chi connectivity index (χ3n) is 3.49. The molecule has 0 spiro atoms. The Morgan fingerprint density at radius 3 is 2.64 bits per heavy atom. The van der Waals surface area contributed by atoms with Crippen molar-refractivity contribution in [2.75, 3.05) is 11.9 Å². The van der Waals surface area contributed by atoms with Crippen LogP contribution in [-0.4, -0.2) is 17.6 Å². The van der Waals surface area contributed by atoms with Crippen LogP contribution >= 0.6 is 12.2 Å². The summed E-state index contributed by atoms with van der Waals surface area (Å²) >= 11 is 5.18. The van der Waals surface area contributed by atoms with Crippen molar-refractivity contribution in [1.29, 1.82) is 0 Å². The summed E-state index contributed by atoms with van der Waals surface area (Å²) in [6.07, 6.45) is 0.857. The molecule has 0 heterocycles. The number of hydrogen-bond acceptors (Lipinski definition) is 3. The summed E-state index contributed by atoms with van der Waals surface area (Å²) in [4.78, 5) is 11.8. The average molecular weight is 361 g/mol. The molecule has 0 unspecified atom stereocenters. The van der Waals surface area contributed by atoms with Crippen molar-refractivity contribution in [1.82, 2.24) is 10.9 Å². The van der Waals surface area contributed by atoms with Crippen molar-refractivity contribution in [3.63, 3.8) is 0 Å². The molecular weight excluding hydrogens is 341 g/mol. The van der Waals surface area contributed by atoms with Crippen LogP contribution in [0.3, 0.4) is 0 Å². The Balaban J connectivity index is 1.82. The molecule has 1 amide bonds. The predicted molar refractivity (Wildman–Crippen MR) is 100.0 cm³/mol. The van der Waals surface area contributed by atoms with Gasteiger partial charge in [0.15, 0.2) is 23.3 Å². The summed E-state index contributed by atoms with van der Waals surface area (Å²) in [6, 6.07) is 11.9. The van der Waals surface area contributed by atoms with E-state index in [9.17, 15) is 9.18 Å². The maximum absolute atomic E-state index is 13.4. The first kappa shape index (κ1) is 18.7. The van der Waals surface area contributed by atoms with Crippen molar-refractivity contribution in [3.05, 3.63) is 59.4 Å². The molecule has 0 saturated carbocycles. The second kappa shape index (κ2) is 8.98. The van der Waals surface area contributed by atoms with Gasteiger partial charge in [0.2, 0.25) is 0 Å². The molecule has 0 aliphatic carbocycles. The number of carbonyl (C=O) groups excluding carboxylic acids is 1. The average Bonchev–Trinajstić information content (AvgIpc) is 2.61. The number of aryl methyl sites for hydroxylation is 2. The Hall–Kier alpha value is -2.67. The lowest BCUT2D eigenvalue weighted by molar-refractivity contribution is -0.123. The number of benzene rings is 2. The van der Waals surface area contributed by atoms with Crippen LogP contribution < -0.4 is 20.9 Å². The molecule has 132 valence electrons. The van der Waals surface area contributed by atoms with E-state index in [-0.39, 0.29) is 17.5 Å². The van der Waals surface area contributed by atoms with Gasteiger partial charge in [-0.3, -0.25) is 15.6 Å². The summed E-state index contributed by atoms with van der Waals surface area (Å²) in [5.41, 5.74) is 8.11. The van der Waals surface area contributed by atoms with Crippen LogP contribution in [0.5, 0.6) is 5.75 Å². The normalized spacial score (nSPS) is 10.0. The molecule has 0 aromatic heterocycles. The van der Waals surface area contributed by atoms with Gasteiger partial charge in [-0.25, -0.2) is 4.39 Å². The van der Waals surface area contributed by atoms with Crippen molar-refractivity contribution in [2.45, 2.75) is 20.3 Å². The van der Waals surface area contributed by atoms with Gasteiger partial charge in [0.05, 0.1) is 0 Å². The van der Waals surface area contributed by atoms with E-state index >= 15 is 0 Å².